The minimum Gasteiger partial charge on any atom is -0.322 e. The van der Waals surface area contributed by atoms with Crippen LogP contribution in [0, 0.1) is 6.92 Å². The molecule has 0 aliphatic carbocycles. The van der Waals surface area contributed by atoms with Gasteiger partial charge in [-0.15, -0.1) is 0 Å². The van der Waals surface area contributed by atoms with Gasteiger partial charge < -0.3 is 10.6 Å². The number of nitrogens with zero attached hydrogens (tertiary/aromatic N) is 2. The van der Waals surface area contributed by atoms with Gasteiger partial charge in [0, 0.05) is 13.2 Å². The molecule has 100 valence electrons. The first-order valence-corrected chi connectivity index (χ1v) is 6.64. The SMILES string of the molecule is CCCC1(C(=O)Nc2cn(C)nc2C)CCCN1. The number of anilines is 1. The molecule has 1 aromatic rings. The maximum absolute atomic E-state index is 12.5. The van der Waals surface area contributed by atoms with Crippen molar-refractivity contribution in [1.29, 1.82) is 0 Å². The van der Waals surface area contributed by atoms with Crippen molar-refractivity contribution >= 4 is 11.6 Å². The summed E-state index contributed by atoms with van der Waals surface area (Å²) in [5, 5.41) is 10.6. The third-order valence-corrected chi connectivity index (χ3v) is 3.62. The van der Waals surface area contributed by atoms with Crippen LogP contribution in [0.2, 0.25) is 0 Å². The molecule has 0 saturated carbocycles. The molecule has 0 bridgehead atoms. The van der Waals surface area contributed by atoms with Crippen molar-refractivity contribution in [3.8, 4) is 0 Å². The van der Waals surface area contributed by atoms with E-state index in [4.69, 9.17) is 0 Å². The Hall–Kier alpha value is -1.36. The Morgan fingerprint density at radius 1 is 1.67 bits per heavy atom. The van der Waals surface area contributed by atoms with E-state index < -0.39 is 0 Å². The fraction of sp³-hybridized carbons (Fsp3) is 0.692. The summed E-state index contributed by atoms with van der Waals surface area (Å²) in [6.07, 6.45) is 5.73. The minimum absolute atomic E-state index is 0.0814. The number of hydrogen-bond acceptors (Lipinski definition) is 3. The molecule has 18 heavy (non-hydrogen) atoms. The molecule has 5 heteroatoms. The molecule has 5 nitrogen and oxygen atoms in total. The molecule has 1 aliphatic rings. The van der Waals surface area contributed by atoms with Crippen LogP contribution in [-0.2, 0) is 11.8 Å². The number of nitrogens with one attached hydrogen (secondary N) is 2. The summed E-state index contributed by atoms with van der Waals surface area (Å²) < 4.78 is 1.72. The van der Waals surface area contributed by atoms with Gasteiger partial charge in [0.05, 0.1) is 16.9 Å². The zero-order valence-corrected chi connectivity index (χ0v) is 11.4. The lowest BCUT2D eigenvalue weighted by Crippen LogP contribution is -2.50. The van der Waals surface area contributed by atoms with Crippen LogP contribution in [0.1, 0.15) is 38.3 Å². The second-order valence-corrected chi connectivity index (χ2v) is 5.12. The minimum atomic E-state index is -0.378. The van der Waals surface area contributed by atoms with Crippen molar-refractivity contribution in [3.63, 3.8) is 0 Å². The van der Waals surface area contributed by atoms with Gasteiger partial charge in [0.2, 0.25) is 5.91 Å². The van der Waals surface area contributed by atoms with Crippen molar-refractivity contribution in [1.82, 2.24) is 15.1 Å². The van der Waals surface area contributed by atoms with Crippen LogP contribution in [0.15, 0.2) is 6.20 Å². The third-order valence-electron chi connectivity index (χ3n) is 3.62. The maximum Gasteiger partial charge on any atom is 0.244 e. The zero-order valence-electron chi connectivity index (χ0n) is 11.4. The summed E-state index contributed by atoms with van der Waals surface area (Å²) in [6.45, 7) is 4.95. The van der Waals surface area contributed by atoms with Crippen LogP contribution in [-0.4, -0.2) is 27.8 Å². The van der Waals surface area contributed by atoms with E-state index in [2.05, 4.69) is 22.7 Å². The van der Waals surface area contributed by atoms with Crippen molar-refractivity contribution in [3.05, 3.63) is 11.9 Å². The van der Waals surface area contributed by atoms with Crippen LogP contribution in [0.5, 0.6) is 0 Å². The first-order valence-electron chi connectivity index (χ1n) is 6.64. The molecule has 1 atom stereocenters. The van der Waals surface area contributed by atoms with Gasteiger partial charge in [-0.05, 0) is 32.7 Å². The van der Waals surface area contributed by atoms with Crippen LogP contribution >= 0.6 is 0 Å². The van der Waals surface area contributed by atoms with Crippen LogP contribution in [0.3, 0.4) is 0 Å². The molecule has 1 saturated heterocycles. The molecular formula is C13H22N4O. The van der Waals surface area contributed by atoms with Crippen molar-refractivity contribution in [2.75, 3.05) is 11.9 Å². The predicted molar refractivity (Wildman–Crippen MR) is 71.5 cm³/mol. The van der Waals surface area contributed by atoms with Gasteiger partial charge in [-0.2, -0.15) is 5.10 Å². The van der Waals surface area contributed by atoms with E-state index in [0.29, 0.717) is 0 Å². The van der Waals surface area contributed by atoms with Gasteiger partial charge in [-0.1, -0.05) is 13.3 Å². The molecular weight excluding hydrogens is 228 g/mol. The number of aromatic nitrogens is 2. The summed E-state index contributed by atoms with van der Waals surface area (Å²) in [4.78, 5) is 12.5. The van der Waals surface area contributed by atoms with E-state index >= 15 is 0 Å². The van der Waals surface area contributed by atoms with E-state index in [1.165, 1.54) is 0 Å². The summed E-state index contributed by atoms with van der Waals surface area (Å²) in [5.41, 5.74) is 1.29. The van der Waals surface area contributed by atoms with Gasteiger partial charge in [0.1, 0.15) is 0 Å². The highest BCUT2D eigenvalue weighted by atomic mass is 16.2. The van der Waals surface area contributed by atoms with Gasteiger partial charge in [0.15, 0.2) is 0 Å². The van der Waals surface area contributed by atoms with Crippen LogP contribution in [0.25, 0.3) is 0 Å². The quantitative estimate of drug-likeness (QED) is 0.853. The summed E-state index contributed by atoms with van der Waals surface area (Å²) >= 11 is 0. The topological polar surface area (TPSA) is 59.0 Å². The Morgan fingerprint density at radius 3 is 2.94 bits per heavy atom. The normalized spacial score (nSPS) is 23.3. The van der Waals surface area contributed by atoms with E-state index in [0.717, 1.165) is 43.6 Å². The van der Waals surface area contributed by atoms with E-state index in [9.17, 15) is 4.79 Å². The zero-order chi connectivity index (χ0) is 13.2. The molecule has 1 amide bonds. The number of carbonyl (C=O) groups excluding carboxylic acids is 1. The lowest BCUT2D eigenvalue weighted by atomic mass is 9.91. The fourth-order valence-corrected chi connectivity index (χ4v) is 2.72. The summed E-state index contributed by atoms with van der Waals surface area (Å²) in [5.74, 6) is 0.0814. The molecule has 0 aromatic carbocycles. The lowest BCUT2D eigenvalue weighted by molar-refractivity contribution is -0.122. The van der Waals surface area contributed by atoms with Crippen molar-refractivity contribution in [2.24, 2.45) is 7.05 Å². The number of aryl methyl sites for hydroxylation is 2. The molecule has 1 unspecified atom stereocenters. The molecule has 2 heterocycles. The number of amides is 1. The van der Waals surface area contributed by atoms with Gasteiger partial charge >= 0.3 is 0 Å². The van der Waals surface area contributed by atoms with Gasteiger partial charge in [-0.3, -0.25) is 9.48 Å². The van der Waals surface area contributed by atoms with E-state index in [1.807, 2.05) is 20.2 Å². The highest BCUT2D eigenvalue weighted by Gasteiger charge is 2.40. The standard InChI is InChI=1S/C13H22N4O/c1-4-6-13(7-5-8-14-13)12(18)15-11-9-17(3)16-10(11)2/h9,14H,4-8H2,1-3H3,(H,15,18). The molecule has 0 spiro atoms. The highest BCUT2D eigenvalue weighted by Crippen LogP contribution is 2.27. The molecule has 1 aromatic heterocycles. The smallest absolute Gasteiger partial charge is 0.244 e. The highest BCUT2D eigenvalue weighted by molar-refractivity contribution is 5.98. The molecule has 2 N–H and O–H groups in total. The van der Waals surface area contributed by atoms with Gasteiger partial charge in [0.25, 0.3) is 0 Å². The second-order valence-electron chi connectivity index (χ2n) is 5.12. The van der Waals surface area contributed by atoms with Crippen LogP contribution in [0.4, 0.5) is 5.69 Å². The molecule has 0 radical (unpaired) electrons. The first kappa shape index (κ1) is 13.1. The number of carbonyl (C=O) groups is 1. The van der Waals surface area contributed by atoms with Crippen LogP contribution < -0.4 is 10.6 Å². The van der Waals surface area contributed by atoms with E-state index in [1.54, 1.807) is 4.68 Å². The molecule has 1 fully saturated rings. The van der Waals surface area contributed by atoms with E-state index in [-0.39, 0.29) is 11.4 Å². The monoisotopic (exact) mass is 250 g/mol. The average Bonchev–Trinajstić information content (AvgIpc) is 2.88. The fourth-order valence-electron chi connectivity index (χ4n) is 2.72. The molecule has 1 aliphatic heterocycles. The van der Waals surface area contributed by atoms with Crippen molar-refractivity contribution in [2.45, 2.75) is 45.1 Å². The Balaban J connectivity index is 2.12. The predicted octanol–water partition coefficient (Wildman–Crippen LogP) is 1.59. The maximum atomic E-state index is 12.5. The lowest BCUT2D eigenvalue weighted by Gasteiger charge is -2.27. The summed E-state index contributed by atoms with van der Waals surface area (Å²) in [7, 11) is 1.86. The summed E-state index contributed by atoms with van der Waals surface area (Å²) in [6, 6.07) is 0. The second kappa shape index (κ2) is 5.10. The largest absolute Gasteiger partial charge is 0.322 e. The average molecular weight is 250 g/mol. The van der Waals surface area contributed by atoms with Crippen molar-refractivity contribution < 1.29 is 4.79 Å². The number of hydrogen-bond donors (Lipinski definition) is 2. The van der Waals surface area contributed by atoms with Gasteiger partial charge in [-0.25, -0.2) is 0 Å². The molecule has 2 rings (SSSR count). The number of rotatable bonds is 4. The Bertz CT molecular complexity index is 432. The Morgan fingerprint density at radius 2 is 2.44 bits per heavy atom. The Kier molecular flexibility index (Phi) is 3.71. The first-order chi connectivity index (χ1) is 8.57. The Labute approximate surface area is 108 Å². The third kappa shape index (κ3) is 2.41.